The van der Waals surface area contributed by atoms with Crippen LogP contribution in [0.5, 0.6) is 0 Å². The van der Waals surface area contributed by atoms with Gasteiger partial charge in [-0.25, -0.2) is 0 Å². The van der Waals surface area contributed by atoms with Gasteiger partial charge in [0.2, 0.25) is 5.91 Å². The summed E-state index contributed by atoms with van der Waals surface area (Å²) in [6.45, 7) is 9.76. The molecule has 1 aromatic heterocycles. The summed E-state index contributed by atoms with van der Waals surface area (Å²) in [4.78, 5) is 11.6. The van der Waals surface area contributed by atoms with E-state index in [9.17, 15) is 4.79 Å². The molecule has 0 aliphatic carbocycles. The summed E-state index contributed by atoms with van der Waals surface area (Å²) >= 11 is 1.57. The fourth-order valence-electron chi connectivity index (χ4n) is 1.31. The van der Waals surface area contributed by atoms with Crippen molar-refractivity contribution in [2.45, 2.75) is 31.8 Å². The Morgan fingerprint density at radius 3 is 2.88 bits per heavy atom. The molecular weight excluding hydrogens is 236 g/mol. The topological polar surface area (TPSA) is 55.1 Å². The van der Waals surface area contributed by atoms with Gasteiger partial charge in [0.25, 0.3) is 0 Å². The molecule has 4 nitrogen and oxygen atoms in total. The summed E-state index contributed by atoms with van der Waals surface area (Å²) in [5.41, 5.74) is 1.98. The Labute approximate surface area is 106 Å². The summed E-state index contributed by atoms with van der Waals surface area (Å²) in [5.74, 6) is 1.60. The quantitative estimate of drug-likeness (QED) is 0.791. The van der Waals surface area contributed by atoms with Gasteiger partial charge in [0.15, 0.2) is 0 Å². The second-order valence-electron chi connectivity index (χ2n) is 3.79. The van der Waals surface area contributed by atoms with Crippen molar-refractivity contribution >= 4 is 17.7 Å². The minimum Gasteiger partial charge on any atom is -0.361 e. The highest BCUT2D eigenvalue weighted by Gasteiger charge is 2.15. The second-order valence-corrected chi connectivity index (χ2v) is 5.12. The van der Waals surface area contributed by atoms with Gasteiger partial charge in [-0.3, -0.25) is 4.79 Å². The summed E-state index contributed by atoms with van der Waals surface area (Å²) in [5, 5.41) is 6.57. The van der Waals surface area contributed by atoms with Crippen LogP contribution in [0.2, 0.25) is 0 Å². The highest BCUT2D eigenvalue weighted by molar-refractivity contribution is 7.99. The molecular formula is C12H18N2O2S. The molecule has 5 heteroatoms. The third kappa shape index (κ3) is 3.93. The summed E-state index contributed by atoms with van der Waals surface area (Å²) in [6, 6.07) is 0. The van der Waals surface area contributed by atoms with Crippen molar-refractivity contribution in [3.05, 3.63) is 29.7 Å². The van der Waals surface area contributed by atoms with E-state index >= 15 is 0 Å². The standard InChI is InChI=1S/C12H18N2O2S/c1-5-6-13-12(15)10(4)17-7-11-8(2)14-16-9(11)3/h5,10H,1,6-7H2,2-4H3,(H,13,15). The fraction of sp³-hybridized carbons (Fsp3) is 0.500. The molecule has 1 heterocycles. The van der Waals surface area contributed by atoms with E-state index in [1.807, 2.05) is 20.8 Å². The third-order valence-corrected chi connectivity index (χ3v) is 3.62. The first-order valence-corrected chi connectivity index (χ1v) is 6.53. The predicted molar refractivity (Wildman–Crippen MR) is 69.9 cm³/mol. The number of nitrogens with zero attached hydrogens (tertiary/aromatic N) is 1. The van der Waals surface area contributed by atoms with Crippen LogP contribution in [0.15, 0.2) is 17.2 Å². The Morgan fingerprint density at radius 2 is 2.35 bits per heavy atom. The van der Waals surface area contributed by atoms with E-state index in [1.165, 1.54) is 0 Å². The Kier molecular flexibility index (Phi) is 5.28. The Morgan fingerprint density at radius 1 is 1.65 bits per heavy atom. The highest BCUT2D eigenvalue weighted by Crippen LogP contribution is 2.22. The average molecular weight is 254 g/mol. The summed E-state index contributed by atoms with van der Waals surface area (Å²) < 4.78 is 5.08. The zero-order valence-electron chi connectivity index (χ0n) is 10.4. The molecule has 0 fully saturated rings. The van der Waals surface area contributed by atoms with Crippen molar-refractivity contribution < 1.29 is 9.32 Å². The molecule has 1 amide bonds. The smallest absolute Gasteiger partial charge is 0.233 e. The minimum atomic E-state index is -0.0938. The van der Waals surface area contributed by atoms with Crippen LogP contribution in [0, 0.1) is 13.8 Å². The summed E-state index contributed by atoms with van der Waals surface area (Å²) in [6.07, 6.45) is 1.67. The maximum absolute atomic E-state index is 11.6. The first kappa shape index (κ1) is 13.8. The minimum absolute atomic E-state index is 0.0293. The van der Waals surface area contributed by atoms with Crippen molar-refractivity contribution in [2.24, 2.45) is 0 Å². The molecule has 94 valence electrons. The second kappa shape index (κ2) is 6.49. The first-order valence-electron chi connectivity index (χ1n) is 5.48. The van der Waals surface area contributed by atoms with E-state index < -0.39 is 0 Å². The number of hydrogen-bond donors (Lipinski definition) is 1. The van der Waals surface area contributed by atoms with Crippen molar-refractivity contribution in [3.8, 4) is 0 Å². The molecule has 1 atom stereocenters. The van der Waals surface area contributed by atoms with E-state index in [1.54, 1.807) is 17.8 Å². The fourth-order valence-corrected chi connectivity index (χ4v) is 2.37. The van der Waals surface area contributed by atoms with Crippen LogP contribution in [-0.2, 0) is 10.5 Å². The molecule has 1 aromatic rings. The monoisotopic (exact) mass is 254 g/mol. The number of amides is 1. The Balaban J connectivity index is 2.45. The van der Waals surface area contributed by atoms with E-state index in [2.05, 4.69) is 17.1 Å². The summed E-state index contributed by atoms with van der Waals surface area (Å²) in [7, 11) is 0. The number of aryl methyl sites for hydroxylation is 2. The third-order valence-electron chi connectivity index (χ3n) is 2.45. The number of thioether (sulfide) groups is 1. The maximum Gasteiger partial charge on any atom is 0.233 e. The van der Waals surface area contributed by atoms with Gasteiger partial charge in [-0.05, 0) is 20.8 Å². The van der Waals surface area contributed by atoms with E-state index in [0.29, 0.717) is 6.54 Å². The molecule has 17 heavy (non-hydrogen) atoms. The zero-order chi connectivity index (χ0) is 12.8. The lowest BCUT2D eigenvalue weighted by molar-refractivity contribution is -0.120. The molecule has 1 rings (SSSR count). The van der Waals surface area contributed by atoms with E-state index in [0.717, 1.165) is 22.8 Å². The maximum atomic E-state index is 11.6. The normalized spacial score (nSPS) is 12.2. The molecule has 0 aromatic carbocycles. The van der Waals surface area contributed by atoms with Crippen molar-refractivity contribution in [2.75, 3.05) is 6.54 Å². The molecule has 0 spiro atoms. The van der Waals surface area contributed by atoms with Gasteiger partial charge in [0, 0.05) is 17.9 Å². The van der Waals surface area contributed by atoms with Crippen molar-refractivity contribution in [1.29, 1.82) is 0 Å². The molecule has 0 bridgehead atoms. The molecule has 0 aliphatic rings. The zero-order valence-corrected chi connectivity index (χ0v) is 11.3. The lowest BCUT2D eigenvalue weighted by Gasteiger charge is -2.10. The average Bonchev–Trinajstić information content (AvgIpc) is 2.63. The SMILES string of the molecule is C=CCNC(=O)C(C)SCc1c(C)noc1C. The number of carbonyl (C=O) groups is 1. The van der Waals surface area contributed by atoms with Gasteiger partial charge in [-0.15, -0.1) is 18.3 Å². The predicted octanol–water partition coefficient (Wildman–Crippen LogP) is 2.22. The van der Waals surface area contributed by atoms with Gasteiger partial charge in [-0.2, -0.15) is 0 Å². The van der Waals surface area contributed by atoms with Crippen LogP contribution in [0.3, 0.4) is 0 Å². The number of hydrogen-bond acceptors (Lipinski definition) is 4. The molecule has 0 saturated heterocycles. The number of carbonyl (C=O) groups excluding carboxylic acids is 1. The molecule has 1 N–H and O–H groups in total. The molecule has 1 unspecified atom stereocenters. The van der Waals surface area contributed by atoms with E-state index in [4.69, 9.17) is 4.52 Å². The van der Waals surface area contributed by atoms with Gasteiger partial charge >= 0.3 is 0 Å². The molecule has 0 aliphatic heterocycles. The highest BCUT2D eigenvalue weighted by atomic mass is 32.2. The van der Waals surface area contributed by atoms with Crippen LogP contribution in [0.4, 0.5) is 0 Å². The van der Waals surface area contributed by atoms with Crippen molar-refractivity contribution in [1.82, 2.24) is 10.5 Å². The lowest BCUT2D eigenvalue weighted by Crippen LogP contribution is -2.30. The lowest BCUT2D eigenvalue weighted by atomic mass is 10.2. The number of aromatic nitrogens is 1. The molecule has 0 saturated carbocycles. The number of nitrogens with one attached hydrogen (secondary N) is 1. The van der Waals surface area contributed by atoms with Gasteiger partial charge in [0.05, 0.1) is 10.9 Å². The van der Waals surface area contributed by atoms with Crippen LogP contribution in [0.25, 0.3) is 0 Å². The van der Waals surface area contributed by atoms with Crippen LogP contribution >= 0.6 is 11.8 Å². The van der Waals surface area contributed by atoms with Gasteiger partial charge < -0.3 is 9.84 Å². The Bertz CT molecular complexity index is 382. The van der Waals surface area contributed by atoms with Crippen molar-refractivity contribution in [3.63, 3.8) is 0 Å². The van der Waals surface area contributed by atoms with E-state index in [-0.39, 0.29) is 11.2 Å². The van der Waals surface area contributed by atoms with Gasteiger partial charge in [0.1, 0.15) is 5.76 Å². The van der Waals surface area contributed by atoms with Crippen LogP contribution in [0.1, 0.15) is 23.9 Å². The largest absolute Gasteiger partial charge is 0.361 e. The van der Waals surface area contributed by atoms with Gasteiger partial charge in [-0.1, -0.05) is 11.2 Å². The Hall–Kier alpha value is -1.23. The first-order chi connectivity index (χ1) is 8.06. The molecule has 0 radical (unpaired) electrons. The van der Waals surface area contributed by atoms with Crippen LogP contribution < -0.4 is 5.32 Å². The number of rotatable bonds is 6. The van der Waals surface area contributed by atoms with Crippen LogP contribution in [-0.4, -0.2) is 22.9 Å².